The number of rotatable bonds is 5. The summed E-state index contributed by atoms with van der Waals surface area (Å²) in [6, 6.07) is 0. The van der Waals surface area contributed by atoms with E-state index in [4.69, 9.17) is 9.47 Å². The van der Waals surface area contributed by atoms with E-state index in [1.54, 1.807) is 6.92 Å². The van der Waals surface area contributed by atoms with Crippen molar-refractivity contribution in [3.05, 3.63) is 0 Å². The predicted molar refractivity (Wildman–Crippen MR) is 43.8 cm³/mol. The van der Waals surface area contributed by atoms with E-state index < -0.39 is 0 Å². The van der Waals surface area contributed by atoms with Gasteiger partial charge in [0.15, 0.2) is 0 Å². The molecule has 1 unspecified atom stereocenters. The van der Waals surface area contributed by atoms with Gasteiger partial charge in [-0.1, -0.05) is 0 Å². The molecule has 0 rings (SSSR count). The first-order chi connectivity index (χ1) is 5.20. The number of esters is 1. The summed E-state index contributed by atoms with van der Waals surface area (Å²) in [6.45, 7) is 4.18. The van der Waals surface area contributed by atoms with Gasteiger partial charge in [0.05, 0.1) is 0 Å². The second-order valence-corrected chi connectivity index (χ2v) is 3.70. The Balaban J connectivity index is 3.40. The zero-order valence-corrected chi connectivity index (χ0v) is 10.3. The fourth-order valence-corrected chi connectivity index (χ4v) is 1.30. The van der Waals surface area contributed by atoms with Gasteiger partial charge in [0.25, 0.3) is 0 Å². The molecule has 0 heterocycles. The van der Waals surface area contributed by atoms with Crippen molar-refractivity contribution in [2.75, 3.05) is 6.61 Å². The van der Waals surface area contributed by atoms with E-state index in [2.05, 4.69) is 0 Å². The zero-order valence-electron chi connectivity index (χ0n) is 7.00. The normalized spacial score (nSPS) is 12.6. The molecule has 11 heavy (non-hydrogen) atoms. The molecule has 0 aliphatic rings. The Kier molecular flexibility index (Phi) is 7.05. The molecular weight excluding hydrogens is 251 g/mol. The number of carbonyl (C=O) groups excluding carboxylic acids is 1. The fourth-order valence-electron chi connectivity index (χ4n) is 0.631. The molecule has 0 aromatic heterocycles. The van der Waals surface area contributed by atoms with Gasteiger partial charge < -0.3 is 0 Å². The number of hydrogen-bond donors (Lipinski definition) is 0. The Morgan fingerprint density at radius 2 is 2.27 bits per heavy atom. The van der Waals surface area contributed by atoms with Gasteiger partial charge in [0.1, 0.15) is 0 Å². The van der Waals surface area contributed by atoms with E-state index in [1.165, 1.54) is 0 Å². The van der Waals surface area contributed by atoms with Gasteiger partial charge in [-0.3, -0.25) is 0 Å². The van der Waals surface area contributed by atoms with Crippen LogP contribution in [0, 0.1) is 0 Å². The summed E-state index contributed by atoms with van der Waals surface area (Å²) >= 11 is 1.11. The van der Waals surface area contributed by atoms with Crippen LogP contribution in [0.2, 0.25) is 4.44 Å². The monoisotopic (exact) mass is 266 g/mol. The molecule has 2 radical (unpaired) electrons. The van der Waals surface area contributed by atoms with Crippen LogP contribution in [-0.2, 0) is 14.3 Å². The van der Waals surface area contributed by atoms with Crippen molar-refractivity contribution in [2.45, 2.75) is 31.0 Å². The number of carbonyl (C=O) groups is 1. The van der Waals surface area contributed by atoms with E-state index in [1.807, 2.05) is 6.92 Å². The first kappa shape index (κ1) is 11.2. The second kappa shape index (κ2) is 6.91. The van der Waals surface area contributed by atoms with E-state index >= 15 is 0 Å². The molecule has 1 atom stereocenters. The summed E-state index contributed by atoms with van der Waals surface area (Å²) in [4.78, 5) is 10.8. The summed E-state index contributed by atoms with van der Waals surface area (Å²) < 4.78 is 10.9. The molecule has 0 bridgehead atoms. The zero-order chi connectivity index (χ0) is 8.69. The van der Waals surface area contributed by atoms with E-state index in [9.17, 15) is 4.79 Å². The molecular formula is C7H14O3Sn. The fraction of sp³-hybridized carbons (Fsp3) is 0.857. The average molecular weight is 265 g/mol. The van der Waals surface area contributed by atoms with E-state index in [0.717, 1.165) is 27.0 Å². The molecule has 4 heteroatoms. The van der Waals surface area contributed by atoms with Crippen molar-refractivity contribution in [3.63, 3.8) is 0 Å². The summed E-state index contributed by atoms with van der Waals surface area (Å²) in [6.07, 6.45) is 0.138. The van der Waals surface area contributed by atoms with Crippen LogP contribution in [0.4, 0.5) is 0 Å². The summed E-state index contributed by atoms with van der Waals surface area (Å²) in [5.41, 5.74) is 0. The van der Waals surface area contributed by atoms with Crippen molar-refractivity contribution in [1.29, 1.82) is 0 Å². The van der Waals surface area contributed by atoms with Gasteiger partial charge >= 0.3 is 80.4 Å². The minimum atomic E-state index is -0.389. The van der Waals surface area contributed by atoms with Crippen LogP contribution in [0.15, 0.2) is 0 Å². The molecule has 0 aromatic rings. The Labute approximate surface area is 80.5 Å². The SMILES string of the molecule is CCOC(C)OC(=O)C[CH2][SnH]. The first-order valence-electron chi connectivity index (χ1n) is 3.71. The van der Waals surface area contributed by atoms with Crippen molar-refractivity contribution in [2.24, 2.45) is 0 Å². The molecule has 0 aliphatic heterocycles. The maximum absolute atomic E-state index is 10.8. The van der Waals surface area contributed by atoms with Gasteiger partial charge in [0, 0.05) is 0 Å². The first-order valence-corrected chi connectivity index (χ1v) is 6.04. The van der Waals surface area contributed by atoms with Gasteiger partial charge in [0.2, 0.25) is 0 Å². The Hall–Kier alpha value is 0.229. The number of ether oxygens (including phenoxy) is 2. The molecule has 0 spiro atoms. The molecule has 0 saturated carbocycles. The molecule has 64 valence electrons. The predicted octanol–water partition coefficient (Wildman–Crippen LogP) is 0.621. The van der Waals surface area contributed by atoms with Gasteiger partial charge in [-0.15, -0.1) is 0 Å². The van der Waals surface area contributed by atoms with E-state index in [-0.39, 0.29) is 12.3 Å². The molecule has 0 aromatic carbocycles. The third-order valence-electron chi connectivity index (χ3n) is 1.05. The molecule has 0 N–H and O–H groups in total. The standard InChI is InChI=1S/C7H13O3.Sn.H/c1-4-7(8)10-6(3)9-5-2;;/h6H,1,4-5H2,2-3H3;;. The second-order valence-electron chi connectivity index (χ2n) is 2.05. The van der Waals surface area contributed by atoms with Crippen molar-refractivity contribution in [3.8, 4) is 0 Å². The van der Waals surface area contributed by atoms with E-state index in [0.29, 0.717) is 13.0 Å². The molecule has 0 aliphatic carbocycles. The minimum absolute atomic E-state index is 0.154. The number of hydrogen-bond acceptors (Lipinski definition) is 3. The molecule has 0 saturated heterocycles. The third-order valence-corrected chi connectivity index (χ3v) is 1.87. The van der Waals surface area contributed by atoms with Crippen molar-refractivity contribution >= 4 is 28.5 Å². The summed E-state index contributed by atoms with van der Waals surface area (Å²) in [5, 5.41) is 0. The third kappa shape index (κ3) is 6.62. The molecule has 0 fully saturated rings. The van der Waals surface area contributed by atoms with Crippen LogP contribution in [0.3, 0.4) is 0 Å². The maximum atomic E-state index is 10.8. The van der Waals surface area contributed by atoms with Crippen LogP contribution in [0.25, 0.3) is 0 Å². The van der Waals surface area contributed by atoms with Crippen molar-refractivity contribution in [1.82, 2.24) is 0 Å². The molecule has 3 nitrogen and oxygen atoms in total. The summed E-state index contributed by atoms with van der Waals surface area (Å²) in [5.74, 6) is -0.154. The van der Waals surface area contributed by atoms with Crippen LogP contribution < -0.4 is 0 Å². The Bertz CT molecular complexity index is 116. The van der Waals surface area contributed by atoms with Gasteiger partial charge in [-0.2, -0.15) is 0 Å². The van der Waals surface area contributed by atoms with Crippen molar-refractivity contribution < 1.29 is 14.3 Å². The topological polar surface area (TPSA) is 35.5 Å². The Morgan fingerprint density at radius 1 is 1.64 bits per heavy atom. The van der Waals surface area contributed by atoms with Crippen LogP contribution >= 0.6 is 0 Å². The molecule has 0 amide bonds. The average Bonchev–Trinajstić information content (AvgIpc) is 1.87. The van der Waals surface area contributed by atoms with Crippen LogP contribution in [-0.4, -0.2) is 41.4 Å². The summed E-state index contributed by atoms with van der Waals surface area (Å²) in [7, 11) is 0. The van der Waals surface area contributed by atoms with Gasteiger partial charge in [-0.05, 0) is 0 Å². The quantitative estimate of drug-likeness (QED) is 0.415. The van der Waals surface area contributed by atoms with Crippen LogP contribution in [0.1, 0.15) is 20.3 Å². The van der Waals surface area contributed by atoms with Crippen LogP contribution in [0.5, 0.6) is 0 Å². The van der Waals surface area contributed by atoms with Gasteiger partial charge in [-0.25, -0.2) is 0 Å². The Morgan fingerprint density at radius 3 is 2.73 bits per heavy atom.